The summed E-state index contributed by atoms with van der Waals surface area (Å²) in [6.07, 6.45) is 17.5. The third-order valence-electron chi connectivity index (χ3n) is 6.97. The van der Waals surface area contributed by atoms with E-state index in [1.54, 1.807) is 0 Å². The molecule has 1 aromatic carbocycles. The van der Waals surface area contributed by atoms with Crippen molar-refractivity contribution in [2.24, 2.45) is 17.3 Å². The number of carbonyl (C=O) groups excluding carboxylic acids is 1. The number of aliphatic carboxylic acids is 1. The van der Waals surface area contributed by atoms with Gasteiger partial charge < -0.3 is 15.2 Å². The van der Waals surface area contributed by atoms with Crippen molar-refractivity contribution in [2.45, 2.75) is 72.3 Å². The fourth-order valence-electron chi connectivity index (χ4n) is 4.54. The van der Waals surface area contributed by atoms with Crippen molar-refractivity contribution in [3.8, 4) is 5.75 Å². The molecule has 5 nitrogen and oxygen atoms in total. The van der Waals surface area contributed by atoms with E-state index in [4.69, 9.17) is 9.84 Å². The number of benzene rings is 1. The molecule has 2 aliphatic carbocycles. The molecule has 0 saturated carbocycles. The van der Waals surface area contributed by atoms with Crippen molar-refractivity contribution >= 4 is 17.4 Å². The second-order valence-corrected chi connectivity index (χ2v) is 10.8. The van der Waals surface area contributed by atoms with Gasteiger partial charge in [-0.1, -0.05) is 82.7 Å². The van der Waals surface area contributed by atoms with Crippen LogP contribution in [0.25, 0.3) is 5.57 Å². The molecule has 5 heteroatoms. The Balaban J connectivity index is 1.60. The molecule has 1 amide bonds. The SMILES string of the molecule is CCCCC(Oc1ccc(C2=CCC(C(C)(C)C)C=C2)cc1)C1=CCC(C(=O)NCCC(=O)O)C=C1. The van der Waals surface area contributed by atoms with Crippen LogP contribution in [0.2, 0.25) is 0 Å². The van der Waals surface area contributed by atoms with Gasteiger partial charge in [0.2, 0.25) is 5.91 Å². The monoisotopic (exact) mass is 491 g/mol. The summed E-state index contributed by atoms with van der Waals surface area (Å²) < 4.78 is 6.42. The zero-order chi connectivity index (χ0) is 26.1. The number of carboxylic acids is 1. The Labute approximate surface area is 216 Å². The van der Waals surface area contributed by atoms with Gasteiger partial charge in [-0.2, -0.15) is 0 Å². The van der Waals surface area contributed by atoms with Gasteiger partial charge in [0.1, 0.15) is 11.9 Å². The van der Waals surface area contributed by atoms with Crippen molar-refractivity contribution in [3.05, 3.63) is 71.9 Å². The van der Waals surface area contributed by atoms with Gasteiger partial charge in [0, 0.05) is 6.54 Å². The smallest absolute Gasteiger partial charge is 0.305 e. The highest BCUT2D eigenvalue weighted by Gasteiger charge is 2.24. The number of hydrogen-bond acceptors (Lipinski definition) is 3. The van der Waals surface area contributed by atoms with Gasteiger partial charge in [0.15, 0.2) is 0 Å². The van der Waals surface area contributed by atoms with Crippen LogP contribution in [0.1, 0.15) is 71.8 Å². The zero-order valence-corrected chi connectivity index (χ0v) is 22.1. The highest BCUT2D eigenvalue weighted by Crippen LogP contribution is 2.35. The van der Waals surface area contributed by atoms with Crippen LogP contribution in [0.15, 0.2) is 66.3 Å². The molecule has 0 heterocycles. The van der Waals surface area contributed by atoms with Crippen molar-refractivity contribution in [1.82, 2.24) is 5.32 Å². The molecule has 3 atom stereocenters. The molecule has 1 aromatic rings. The van der Waals surface area contributed by atoms with E-state index in [-0.39, 0.29) is 36.3 Å². The molecular formula is C31H41NO4. The maximum absolute atomic E-state index is 12.3. The number of allylic oxidation sites excluding steroid dienone is 5. The van der Waals surface area contributed by atoms with Gasteiger partial charge in [-0.25, -0.2) is 0 Å². The lowest BCUT2D eigenvalue weighted by atomic mass is 9.76. The summed E-state index contributed by atoms with van der Waals surface area (Å²) >= 11 is 0. The number of carbonyl (C=O) groups is 2. The van der Waals surface area contributed by atoms with E-state index in [1.165, 1.54) is 11.1 Å². The van der Waals surface area contributed by atoms with Crippen molar-refractivity contribution in [1.29, 1.82) is 0 Å². The van der Waals surface area contributed by atoms with E-state index in [1.807, 2.05) is 24.3 Å². The summed E-state index contributed by atoms with van der Waals surface area (Å²) in [4.78, 5) is 23.0. The average Bonchev–Trinajstić information content (AvgIpc) is 2.86. The van der Waals surface area contributed by atoms with Gasteiger partial charge in [0.25, 0.3) is 0 Å². The van der Waals surface area contributed by atoms with Crippen molar-refractivity contribution < 1.29 is 19.4 Å². The largest absolute Gasteiger partial charge is 0.486 e. The predicted octanol–water partition coefficient (Wildman–Crippen LogP) is 6.72. The van der Waals surface area contributed by atoms with Gasteiger partial charge in [0.05, 0.1) is 12.3 Å². The Hall–Kier alpha value is -3.08. The number of hydrogen-bond donors (Lipinski definition) is 2. The molecule has 0 spiro atoms. The third-order valence-corrected chi connectivity index (χ3v) is 6.97. The minimum absolute atomic E-state index is 0.0654. The summed E-state index contributed by atoms with van der Waals surface area (Å²) in [6, 6.07) is 8.35. The van der Waals surface area contributed by atoms with E-state index in [0.717, 1.165) is 37.0 Å². The number of nitrogens with one attached hydrogen (secondary N) is 1. The summed E-state index contributed by atoms with van der Waals surface area (Å²) in [5, 5.41) is 11.5. The molecule has 0 radical (unpaired) electrons. The maximum atomic E-state index is 12.3. The fourth-order valence-corrected chi connectivity index (χ4v) is 4.54. The quantitative estimate of drug-likeness (QED) is 0.360. The van der Waals surface area contributed by atoms with Crippen LogP contribution in [0.4, 0.5) is 0 Å². The van der Waals surface area contributed by atoms with Crippen LogP contribution in [0.5, 0.6) is 5.75 Å². The third kappa shape index (κ3) is 7.97. The molecule has 2 aliphatic rings. The molecule has 2 N–H and O–H groups in total. The van der Waals surface area contributed by atoms with Crippen LogP contribution in [0.3, 0.4) is 0 Å². The average molecular weight is 492 g/mol. The van der Waals surface area contributed by atoms with E-state index < -0.39 is 5.97 Å². The van der Waals surface area contributed by atoms with Crippen molar-refractivity contribution in [2.75, 3.05) is 6.54 Å². The summed E-state index contributed by atoms with van der Waals surface area (Å²) in [5.41, 5.74) is 3.82. The van der Waals surface area contributed by atoms with Gasteiger partial charge >= 0.3 is 5.97 Å². The molecule has 3 unspecified atom stereocenters. The first-order chi connectivity index (χ1) is 17.2. The van der Waals surface area contributed by atoms with E-state index in [0.29, 0.717) is 12.3 Å². The van der Waals surface area contributed by atoms with Crippen LogP contribution in [0, 0.1) is 17.3 Å². The minimum Gasteiger partial charge on any atom is -0.486 e. The minimum atomic E-state index is -0.915. The normalized spacial score (nSPS) is 20.3. The topological polar surface area (TPSA) is 75.6 Å². The Morgan fingerprint density at radius 2 is 1.83 bits per heavy atom. The van der Waals surface area contributed by atoms with E-state index >= 15 is 0 Å². The first-order valence-electron chi connectivity index (χ1n) is 13.2. The molecule has 3 rings (SSSR count). The highest BCUT2D eigenvalue weighted by atomic mass is 16.5. The number of amides is 1. The van der Waals surface area contributed by atoms with Crippen LogP contribution >= 0.6 is 0 Å². The molecule has 0 bridgehead atoms. The molecule has 0 fully saturated rings. The first-order valence-corrected chi connectivity index (χ1v) is 13.2. The predicted molar refractivity (Wildman–Crippen MR) is 146 cm³/mol. The summed E-state index contributed by atoms with van der Waals surface area (Å²) in [7, 11) is 0. The van der Waals surface area contributed by atoms with Gasteiger partial charge in [-0.15, -0.1) is 0 Å². The molecular weight excluding hydrogens is 450 g/mol. The van der Waals surface area contributed by atoms with Crippen LogP contribution in [-0.2, 0) is 9.59 Å². The lowest BCUT2D eigenvalue weighted by molar-refractivity contribution is -0.137. The Morgan fingerprint density at radius 1 is 1.08 bits per heavy atom. The van der Waals surface area contributed by atoms with Crippen LogP contribution < -0.4 is 10.1 Å². The van der Waals surface area contributed by atoms with Gasteiger partial charge in [-0.3, -0.25) is 9.59 Å². The Kier molecular flexibility index (Phi) is 9.74. The van der Waals surface area contributed by atoms with E-state index in [2.05, 4.69) is 69.4 Å². The maximum Gasteiger partial charge on any atom is 0.305 e. The number of ether oxygens (including phenoxy) is 1. The fraction of sp³-hybridized carbons (Fsp3) is 0.484. The highest BCUT2D eigenvalue weighted by molar-refractivity contribution is 5.81. The molecule has 194 valence electrons. The standard InChI is InChI=1S/C31H41NO4/c1-5-6-7-28(24-8-10-25(11-9-24)30(35)32-21-20-29(33)34)36-27-18-14-23(15-19-27)22-12-16-26(17-13-22)31(2,3)4/h8-10,12-16,18-19,25-26,28H,5-7,11,17,20-21H2,1-4H3,(H,32,35)(H,33,34). The lowest BCUT2D eigenvalue weighted by Crippen LogP contribution is -2.32. The zero-order valence-electron chi connectivity index (χ0n) is 22.1. The summed E-state index contributed by atoms with van der Waals surface area (Å²) in [6.45, 7) is 9.18. The van der Waals surface area contributed by atoms with Crippen LogP contribution in [-0.4, -0.2) is 29.6 Å². The number of unbranched alkanes of at least 4 members (excludes halogenated alkanes) is 1. The molecule has 0 aromatic heterocycles. The van der Waals surface area contributed by atoms with Gasteiger partial charge in [-0.05, 0) is 65.9 Å². The Bertz CT molecular complexity index is 1020. The number of carboxylic acid groups (broad SMARTS) is 1. The second-order valence-electron chi connectivity index (χ2n) is 10.8. The first kappa shape index (κ1) is 27.5. The second kappa shape index (κ2) is 12.8. The summed E-state index contributed by atoms with van der Waals surface area (Å²) in [5.74, 6) is 0.0837. The molecule has 0 aliphatic heterocycles. The number of rotatable bonds is 11. The van der Waals surface area contributed by atoms with E-state index in [9.17, 15) is 9.59 Å². The molecule has 36 heavy (non-hydrogen) atoms. The Morgan fingerprint density at radius 3 is 2.39 bits per heavy atom. The molecule has 0 saturated heterocycles. The van der Waals surface area contributed by atoms with Crippen molar-refractivity contribution in [3.63, 3.8) is 0 Å². The lowest BCUT2D eigenvalue weighted by Gasteiger charge is -2.29.